The van der Waals surface area contributed by atoms with Crippen molar-refractivity contribution in [2.24, 2.45) is 0 Å². The largest absolute Gasteiger partial charge is 0.497 e. The molecule has 1 amide bonds. The molecule has 0 fully saturated rings. The van der Waals surface area contributed by atoms with Gasteiger partial charge in [0.2, 0.25) is 0 Å². The number of ketones is 1. The second-order valence-electron chi connectivity index (χ2n) is 6.29. The quantitative estimate of drug-likeness (QED) is 0.575. The number of ether oxygens (including phenoxy) is 2. The predicted octanol–water partition coefficient (Wildman–Crippen LogP) is 2.70. The van der Waals surface area contributed by atoms with E-state index in [0.717, 1.165) is 11.3 Å². The molecule has 27 heavy (non-hydrogen) atoms. The third-order valence-electron chi connectivity index (χ3n) is 4.27. The van der Waals surface area contributed by atoms with E-state index in [0.29, 0.717) is 23.4 Å². The molecule has 1 aromatic heterocycles. The summed E-state index contributed by atoms with van der Waals surface area (Å²) in [6.07, 6.45) is -0.973. The molecule has 0 radical (unpaired) electrons. The summed E-state index contributed by atoms with van der Waals surface area (Å²) in [5, 5.41) is 2.72. The van der Waals surface area contributed by atoms with E-state index in [1.807, 2.05) is 12.1 Å². The van der Waals surface area contributed by atoms with E-state index in [-0.39, 0.29) is 11.5 Å². The molecule has 0 aliphatic heterocycles. The van der Waals surface area contributed by atoms with Gasteiger partial charge in [0.1, 0.15) is 11.4 Å². The Bertz CT molecular complexity index is 852. The van der Waals surface area contributed by atoms with Crippen molar-refractivity contribution in [1.29, 1.82) is 0 Å². The summed E-state index contributed by atoms with van der Waals surface area (Å²) in [6, 6.07) is 7.27. The molecule has 144 valence electrons. The smallest absolute Gasteiger partial charge is 0.355 e. The van der Waals surface area contributed by atoms with Gasteiger partial charge in [-0.3, -0.25) is 9.59 Å². The molecule has 0 saturated carbocycles. The van der Waals surface area contributed by atoms with E-state index < -0.39 is 18.0 Å². The number of hydrogen-bond acceptors (Lipinski definition) is 5. The third kappa shape index (κ3) is 4.75. The number of aromatic amines is 1. The standard InChI is InChI=1S/C20H24N2O5/c1-11-17(13(3)23)12(2)22-18(11)20(25)27-14(4)19(24)21-10-15-6-8-16(26-5)9-7-15/h6-9,14,22H,10H2,1-5H3,(H,21,24)/t14-/m1/s1. The van der Waals surface area contributed by atoms with Crippen LogP contribution in [0, 0.1) is 13.8 Å². The highest BCUT2D eigenvalue weighted by atomic mass is 16.5. The third-order valence-corrected chi connectivity index (χ3v) is 4.27. The average Bonchev–Trinajstić information content (AvgIpc) is 2.94. The van der Waals surface area contributed by atoms with Crippen LogP contribution in [-0.2, 0) is 16.1 Å². The highest BCUT2D eigenvalue weighted by molar-refractivity contribution is 6.01. The maximum absolute atomic E-state index is 12.4. The summed E-state index contributed by atoms with van der Waals surface area (Å²) in [5.41, 5.74) is 2.68. The van der Waals surface area contributed by atoms with E-state index in [4.69, 9.17) is 9.47 Å². The van der Waals surface area contributed by atoms with E-state index in [2.05, 4.69) is 10.3 Å². The molecule has 1 heterocycles. The van der Waals surface area contributed by atoms with Gasteiger partial charge in [0.25, 0.3) is 5.91 Å². The first-order chi connectivity index (χ1) is 12.7. The lowest BCUT2D eigenvalue weighted by atomic mass is 10.1. The summed E-state index contributed by atoms with van der Waals surface area (Å²) in [5.74, 6) is -0.485. The van der Waals surface area contributed by atoms with Crippen molar-refractivity contribution >= 4 is 17.7 Å². The molecule has 7 nitrogen and oxygen atoms in total. The van der Waals surface area contributed by atoms with Crippen LogP contribution in [-0.4, -0.2) is 35.9 Å². The zero-order valence-electron chi connectivity index (χ0n) is 16.1. The highest BCUT2D eigenvalue weighted by Crippen LogP contribution is 2.19. The van der Waals surface area contributed by atoms with Crippen LogP contribution >= 0.6 is 0 Å². The first kappa shape index (κ1) is 20.2. The molecule has 7 heteroatoms. The van der Waals surface area contributed by atoms with Crippen LogP contribution in [0.4, 0.5) is 0 Å². The molecule has 2 aromatic rings. The molecule has 2 rings (SSSR count). The molecule has 1 atom stereocenters. The first-order valence-electron chi connectivity index (χ1n) is 8.56. The highest BCUT2D eigenvalue weighted by Gasteiger charge is 2.24. The summed E-state index contributed by atoms with van der Waals surface area (Å²) in [4.78, 5) is 39.1. The number of aromatic nitrogens is 1. The van der Waals surface area contributed by atoms with Crippen molar-refractivity contribution in [2.45, 2.75) is 40.3 Å². The van der Waals surface area contributed by atoms with Gasteiger partial charge >= 0.3 is 5.97 Å². The number of nitrogens with one attached hydrogen (secondary N) is 2. The normalized spacial score (nSPS) is 11.6. The average molecular weight is 372 g/mol. The zero-order chi connectivity index (χ0) is 20.1. The number of carbonyl (C=O) groups excluding carboxylic acids is 3. The molecular formula is C20H24N2O5. The van der Waals surface area contributed by atoms with Gasteiger partial charge in [-0.15, -0.1) is 0 Å². The Hall–Kier alpha value is -3.09. The maximum atomic E-state index is 12.4. The second-order valence-corrected chi connectivity index (χ2v) is 6.29. The number of Topliss-reactive ketones (excluding diaryl/α,β-unsaturated/α-hetero) is 1. The second kappa shape index (κ2) is 8.53. The lowest BCUT2D eigenvalue weighted by Gasteiger charge is -2.13. The van der Waals surface area contributed by atoms with Crippen molar-refractivity contribution in [3.63, 3.8) is 0 Å². The summed E-state index contributed by atoms with van der Waals surface area (Å²) >= 11 is 0. The van der Waals surface area contributed by atoms with Crippen LogP contribution in [0.1, 0.15) is 51.5 Å². The number of hydrogen-bond donors (Lipinski definition) is 2. The fourth-order valence-corrected chi connectivity index (χ4v) is 2.83. The van der Waals surface area contributed by atoms with Crippen molar-refractivity contribution in [3.05, 3.63) is 52.3 Å². The molecule has 0 spiro atoms. The van der Waals surface area contributed by atoms with Crippen LogP contribution < -0.4 is 10.1 Å². The number of esters is 1. The minimum Gasteiger partial charge on any atom is -0.497 e. The van der Waals surface area contributed by atoms with Crippen molar-refractivity contribution in [2.75, 3.05) is 7.11 Å². The number of amides is 1. The molecule has 0 aliphatic carbocycles. The van der Waals surface area contributed by atoms with Crippen LogP contribution in [0.3, 0.4) is 0 Å². The number of H-pyrrole nitrogens is 1. The minimum absolute atomic E-state index is 0.134. The Balaban J connectivity index is 1.96. The van der Waals surface area contributed by atoms with Crippen molar-refractivity contribution < 1.29 is 23.9 Å². The molecule has 2 N–H and O–H groups in total. The van der Waals surface area contributed by atoms with E-state index in [1.54, 1.807) is 33.1 Å². The van der Waals surface area contributed by atoms with Gasteiger partial charge in [-0.1, -0.05) is 12.1 Å². The Morgan fingerprint density at radius 3 is 2.30 bits per heavy atom. The van der Waals surface area contributed by atoms with Gasteiger partial charge in [0.15, 0.2) is 11.9 Å². The number of aryl methyl sites for hydroxylation is 1. The van der Waals surface area contributed by atoms with E-state index >= 15 is 0 Å². The molecule has 1 aromatic carbocycles. The van der Waals surface area contributed by atoms with Crippen LogP contribution in [0.25, 0.3) is 0 Å². The number of methoxy groups -OCH3 is 1. The Morgan fingerprint density at radius 1 is 1.15 bits per heavy atom. The van der Waals surface area contributed by atoms with Gasteiger partial charge in [0, 0.05) is 17.8 Å². The van der Waals surface area contributed by atoms with Gasteiger partial charge in [-0.05, 0) is 51.0 Å². The molecular weight excluding hydrogens is 348 g/mol. The summed E-state index contributed by atoms with van der Waals surface area (Å²) in [7, 11) is 1.58. The SMILES string of the molecule is COc1ccc(CNC(=O)[C@@H](C)OC(=O)c2[nH]c(C)c(C(C)=O)c2C)cc1. The molecule has 0 bridgehead atoms. The fourth-order valence-electron chi connectivity index (χ4n) is 2.83. The van der Waals surface area contributed by atoms with E-state index in [1.165, 1.54) is 13.8 Å². The molecule has 0 unspecified atom stereocenters. The Labute approximate surface area is 158 Å². The number of rotatable bonds is 7. The predicted molar refractivity (Wildman–Crippen MR) is 100.0 cm³/mol. The number of carbonyl (C=O) groups is 3. The summed E-state index contributed by atoms with van der Waals surface area (Å²) < 4.78 is 10.3. The first-order valence-corrected chi connectivity index (χ1v) is 8.56. The monoisotopic (exact) mass is 372 g/mol. The minimum atomic E-state index is -0.973. The Kier molecular flexibility index (Phi) is 6.39. The van der Waals surface area contributed by atoms with Gasteiger partial charge < -0.3 is 19.8 Å². The zero-order valence-corrected chi connectivity index (χ0v) is 16.1. The maximum Gasteiger partial charge on any atom is 0.355 e. The van der Waals surface area contributed by atoms with Crippen molar-refractivity contribution in [1.82, 2.24) is 10.3 Å². The summed E-state index contributed by atoms with van der Waals surface area (Å²) in [6.45, 7) is 6.63. The van der Waals surface area contributed by atoms with Crippen LogP contribution in [0.2, 0.25) is 0 Å². The van der Waals surface area contributed by atoms with Crippen LogP contribution in [0.15, 0.2) is 24.3 Å². The van der Waals surface area contributed by atoms with Gasteiger partial charge in [-0.2, -0.15) is 0 Å². The Morgan fingerprint density at radius 2 is 1.78 bits per heavy atom. The lowest BCUT2D eigenvalue weighted by molar-refractivity contribution is -0.129. The van der Waals surface area contributed by atoms with Gasteiger partial charge in [-0.25, -0.2) is 4.79 Å². The fraction of sp³-hybridized carbons (Fsp3) is 0.350. The van der Waals surface area contributed by atoms with Gasteiger partial charge in [0.05, 0.1) is 7.11 Å². The van der Waals surface area contributed by atoms with E-state index in [9.17, 15) is 14.4 Å². The lowest BCUT2D eigenvalue weighted by Crippen LogP contribution is -2.35. The topological polar surface area (TPSA) is 97.5 Å². The van der Waals surface area contributed by atoms with Crippen LogP contribution in [0.5, 0.6) is 5.75 Å². The number of benzene rings is 1. The molecule has 0 aliphatic rings. The van der Waals surface area contributed by atoms with Crippen molar-refractivity contribution in [3.8, 4) is 5.75 Å². The molecule has 0 saturated heterocycles.